The summed E-state index contributed by atoms with van der Waals surface area (Å²) in [5.74, 6) is -1.40. The number of hydrogen-bond donors (Lipinski definition) is 1. The number of carbonyl (C=O) groups is 1. The second-order valence-electron chi connectivity index (χ2n) is 8.29. The summed E-state index contributed by atoms with van der Waals surface area (Å²) in [5.41, 5.74) is 0.943. The van der Waals surface area contributed by atoms with Crippen LogP contribution in [0, 0.1) is 5.82 Å². The monoisotopic (exact) mass is 580 g/mol. The summed E-state index contributed by atoms with van der Waals surface area (Å²) in [6, 6.07) is 10.4. The third kappa shape index (κ3) is 6.03. The van der Waals surface area contributed by atoms with Crippen LogP contribution in [-0.2, 0) is 14.8 Å². The summed E-state index contributed by atoms with van der Waals surface area (Å²) < 4.78 is 54.7. The highest BCUT2D eigenvalue weighted by Crippen LogP contribution is 2.40. The average molecular weight is 581 g/mol. The van der Waals surface area contributed by atoms with Gasteiger partial charge in [0.2, 0.25) is 5.88 Å². The Labute approximate surface area is 229 Å². The first-order valence-corrected chi connectivity index (χ1v) is 13.8. The first-order chi connectivity index (χ1) is 18.1. The molecule has 0 saturated heterocycles. The maximum Gasteiger partial charge on any atom is 0.303 e. The molecule has 12 heteroatoms. The predicted molar refractivity (Wildman–Crippen MR) is 143 cm³/mol. The molecule has 1 atom stereocenters. The van der Waals surface area contributed by atoms with Gasteiger partial charge in [-0.1, -0.05) is 41.4 Å². The normalized spacial score (nSPS) is 15.3. The Kier molecular flexibility index (Phi) is 8.44. The second kappa shape index (κ2) is 11.6. The Morgan fingerprint density at radius 3 is 2.76 bits per heavy atom. The Balaban J connectivity index is 1.79. The number of sulfonamides is 1. The summed E-state index contributed by atoms with van der Waals surface area (Å²) in [6.07, 6.45) is 3.52. The van der Waals surface area contributed by atoms with E-state index >= 15 is 0 Å². The minimum Gasteiger partial charge on any atom is -0.486 e. The van der Waals surface area contributed by atoms with Crippen molar-refractivity contribution in [3.8, 4) is 11.6 Å². The number of carboxylic acid groups (broad SMARTS) is 1. The van der Waals surface area contributed by atoms with Crippen LogP contribution >= 0.6 is 23.2 Å². The van der Waals surface area contributed by atoms with Crippen molar-refractivity contribution in [2.75, 3.05) is 17.5 Å². The number of benzene rings is 2. The van der Waals surface area contributed by atoms with Crippen molar-refractivity contribution in [3.63, 3.8) is 0 Å². The number of nitrogens with zero attached hydrogens (tertiary/aromatic N) is 2. The molecule has 4 rings (SSSR count). The molecule has 2 aromatic carbocycles. The molecule has 0 saturated carbocycles. The van der Waals surface area contributed by atoms with E-state index in [1.165, 1.54) is 30.5 Å². The molecule has 0 bridgehead atoms. The van der Waals surface area contributed by atoms with Crippen molar-refractivity contribution >= 4 is 57.0 Å². The minimum atomic E-state index is -4.29. The van der Waals surface area contributed by atoms with Crippen molar-refractivity contribution in [2.45, 2.75) is 30.8 Å². The summed E-state index contributed by atoms with van der Waals surface area (Å²) in [5, 5.41) is 9.45. The van der Waals surface area contributed by atoms with E-state index in [2.05, 4.69) is 4.98 Å². The van der Waals surface area contributed by atoms with Gasteiger partial charge in [0.1, 0.15) is 17.7 Å². The van der Waals surface area contributed by atoms with Gasteiger partial charge in [0.25, 0.3) is 10.0 Å². The number of pyridine rings is 1. The zero-order valence-corrected chi connectivity index (χ0v) is 22.4. The number of halogens is 3. The van der Waals surface area contributed by atoms with E-state index < -0.39 is 27.9 Å². The molecule has 0 fully saturated rings. The Bertz CT molecular complexity index is 1480. The molecule has 0 amide bonds. The van der Waals surface area contributed by atoms with Crippen molar-refractivity contribution in [3.05, 3.63) is 75.7 Å². The Morgan fingerprint density at radius 1 is 1.26 bits per heavy atom. The first kappa shape index (κ1) is 27.7. The molecule has 200 valence electrons. The lowest BCUT2D eigenvalue weighted by Crippen LogP contribution is -2.44. The first-order valence-electron chi connectivity index (χ1n) is 11.6. The van der Waals surface area contributed by atoms with E-state index in [9.17, 15) is 17.6 Å². The van der Waals surface area contributed by atoms with E-state index in [0.717, 1.165) is 4.31 Å². The maximum atomic E-state index is 14.2. The summed E-state index contributed by atoms with van der Waals surface area (Å²) in [6.45, 7) is 1.71. The van der Waals surface area contributed by atoms with E-state index in [0.29, 0.717) is 5.56 Å². The molecule has 1 aliphatic rings. The van der Waals surface area contributed by atoms with E-state index in [1.807, 2.05) is 0 Å². The minimum absolute atomic E-state index is 0.0837. The predicted octanol–water partition coefficient (Wildman–Crippen LogP) is 5.92. The zero-order valence-electron chi connectivity index (χ0n) is 20.1. The van der Waals surface area contributed by atoms with Crippen LogP contribution in [0.2, 0.25) is 10.0 Å². The number of carboxylic acids is 1. The van der Waals surface area contributed by atoms with Crippen LogP contribution in [0.25, 0.3) is 12.2 Å². The molecular weight excluding hydrogens is 558 g/mol. The standard InChI is InChI=1S/C26H23Cl2FN2O6S/c1-2-36-26-24(13-17(27)14-30-26)38(34,35)31-15-18(8-11-25(32)33)37-23-10-7-16(12-22(23)31)6-9-19-20(28)4-3-5-21(19)29/h3-7,9-10,12-14,18H,2,8,11,15H2,1H3,(H,32,33)/b9-6+/t18-/m0/s1. The van der Waals surface area contributed by atoms with Crippen molar-refractivity contribution < 1.29 is 32.2 Å². The average Bonchev–Trinajstić information content (AvgIpc) is 2.87. The van der Waals surface area contributed by atoms with Gasteiger partial charge in [0.15, 0.2) is 4.90 Å². The molecule has 8 nitrogen and oxygen atoms in total. The lowest BCUT2D eigenvalue weighted by atomic mass is 10.1. The van der Waals surface area contributed by atoms with Crippen LogP contribution in [0.1, 0.15) is 30.9 Å². The van der Waals surface area contributed by atoms with Crippen LogP contribution in [0.4, 0.5) is 10.1 Å². The molecule has 2 heterocycles. The van der Waals surface area contributed by atoms with Crippen molar-refractivity contribution in [1.29, 1.82) is 0 Å². The topological polar surface area (TPSA) is 106 Å². The molecule has 0 radical (unpaired) electrons. The SMILES string of the molecule is CCOc1ncc(Cl)cc1S(=O)(=O)N1C[C@H](CCC(=O)O)Oc2ccc(/C=C/c3c(F)cccc3Cl)cc21. The summed E-state index contributed by atoms with van der Waals surface area (Å²) >= 11 is 12.2. The van der Waals surface area contributed by atoms with E-state index in [-0.39, 0.29) is 63.8 Å². The van der Waals surface area contributed by atoms with Crippen molar-refractivity contribution in [2.24, 2.45) is 0 Å². The van der Waals surface area contributed by atoms with Gasteiger partial charge >= 0.3 is 5.97 Å². The van der Waals surface area contributed by atoms with Gasteiger partial charge in [0, 0.05) is 18.2 Å². The third-order valence-corrected chi connectivity index (χ3v) is 7.98. The molecule has 1 aromatic heterocycles. The highest BCUT2D eigenvalue weighted by molar-refractivity contribution is 7.93. The van der Waals surface area contributed by atoms with Crippen LogP contribution in [0.15, 0.2) is 53.6 Å². The number of aliphatic carboxylic acids is 1. The van der Waals surface area contributed by atoms with Crippen LogP contribution in [0.3, 0.4) is 0 Å². The fraction of sp³-hybridized carbons (Fsp3) is 0.231. The third-order valence-electron chi connectivity index (χ3n) is 5.67. The second-order valence-corrected chi connectivity index (χ2v) is 11.0. The molecular formula is C26H23Cl2FN2O6S. The van der Waals surface area contributed by atoms with E-state index in [4.69, 9.17) is 37.8 Å². The maximum absolute atomic E-state index is 14.2. The fourth-order valence-corrected chi connectivity index (χ4v) is 5.96. The largest absolute Gasteiger partial charge is 0.486 e. The number of aromatic nitrogens is 1. The summed E-state index contributed by atoms with van der Waals surface area (Å²) in [7, 11) is -4.29. The number of hydrogen-bond acceptors (Lipinski definition) is 6. The van der Waals surface area contributed by atoms with Gasteiger partial charge in [-0.05, 0) is 55.3 Å². The molecule has 1 aliphatic heterocycles. The molecule has 38 heavy (non-hydrogen) atoms. The molecule has 0 aliphatic carbocycles. The van der Waals surface area contributed by atoms with Crippen molar-refractivity contribution in [1.82, 2.24) is 4.98 Å². The van der Waals surface area contributed by atoms with Gasteiger partial charge in [-0.25, -0.2) is 17.8 Å². The quantitative estimate of drug-likeness (QED) is 0.313. The van der Waals surface area contributed by atoms with Crippen LogP contribution < -0.4 is 13.8 Å². The number of ether oxygens (including phenoxy) is 2. The zero-order chi connectivity index (χ0) is 27.4. The number of anilines is 1. The molecule has 1 N–H and O–H groups in total. The highest BCUT2D eigenvalue weighted by atomic mass is 35.5. The molecule has 3 aromatic rings. The van der Waals surface area contributed by atoms with Gasteiger partial charge in [0.05, 0.1) is 28.9 Å². The summed E-state index contributed by atoms with van der Waals surface area (Å²) in [4.78, 5) is 14.9. The Morgan fingerprint density at radius 2 is 2.05 bits per heavy atom. The smallest absolute Gasteiger partial charge is 0.303 e. The van der Waals surface area contributed by atoms with Gasteiger partial charge < -0.3 is 14.6 Å². The highest BCUT2D eigenvalue weighted by Gasteiger charge is 2.37. The van der Waals surface area contributed by atoms with Gasteiger partial charge in [-0.3, -0.25) is 9.10 Å². The van der Waals surface area contributed by atoms with Crippen LogP contribution in [-0.4, -0.2) is 43.7 Å². The van der Waals surface area contributed by atoms with E-state index in [1.54, 1.807) is 37.3 Å². The lowest BCUT2D eigenvalue weighted by molar-refractivity contribution is -0.137. The van der Waals surface area contributed by atoms with Crippen LogP contribution in [0.5, 0.6) is 11.6 Å². The molecule has 0 unspecified atom stereocenters. The lowest BCUT2D eigenvalue weighted by Gasteiger charge is -2.35. The van der Waals surface area contributed by atoms with Gasteiger partial charge in [-0.2, -0.15) is 0 Å². The number of rotatable bonds is 9. The fourth-order valence-electron chi connectivity index (χ4n) is 3.90. The van der Waals surface area contributed by atoms with Gasteiger partial charge in [-0.15, -0.1) is 0 Å². The Hall–Kier alpha value is -3.34. The molecule has 0 spiro atoms. The number of fused-ring (bicyclic) bond motifs is 1.